The topological polar surface area (TPSA) is 26.3 Å². The Kier molecular flexibility index (Phi) is 3.93. The Morgan fingerprint density at radius 2 is 2.43 bits per heavy atom. The molecule has 1 aliphatic rings. The van der Waals surface area contributed by atoms with E-state index in [2.05, 4.69) is 19.6 Å². The van der Waals surface area contributed by atoms with Crippen LogP contribution in [0.15, 0.2) is 23.8 Å². The van der Waals surface area contributed by atoms with E-state index < -0.39 is 0 Å². The Morgan fingerprint density at radius 1 is 1.71 bits per heavy atom. The molecule has 2 nitrogen and oxygen atoms in total. The summed E-state index contributed by atoms with van der Waals surface area (Å²) in [6.45, 7) is 8.19. The molecule has 0 spiro atoms. The van der Waals surface area contributed by atoms with Crippen LogP contribution in [0.4, 0.5) is 0 Å². The third kappa shape index (κ3) is 2.72. The molecule has 1 unspecified atom stereocenters. The lowest BCUT2D eigenvalue weighted by atomic mass is 9.85. The standard InChI is InChI=1S/C12H18O2/c1-4-14-12(13)10(3)11-7-5-9(2)6-8-11/h5,11H,3-4,6-8H2,1-2H3. The van der Waals surface area contributed by atoms with Gasteiger partial charge < -0.3 is 4.74 Å². The molecule has 1 rings (SSSR count). The van der Waals surface area contributed by atoms with Crippen molar-refractivity contribution in [1.82, 2.24) is 0 Å². The molecule has 0 amide bonds. The fourth-order valence-electron chi connectivity index (χ4n) is 1.67. The summed E-state index contributed by atoms with van der Waals surface area (Å²) in [4.78, 5) is 11.4. The smallest absolute Gasteiger partial charge is 0.333 e. The fourth-order valence-corrected chi connectivity index (χ4v) is 1.67. The van der Waals surface area contributed by atoms with Crippen LogP contribution >= 0.6 is 0 Å². The lowest BCUT2D eigenvalue weighted by molar-refractivity contribution is -0.139. The minimum Gasteiger partial charge on any atom is -0.463 e. The molecule has 1 aliphatic carbocycles. The molecule has 1 atom stereocenters. The SMILES string of the molecule is C=C(C(=O)OCC)C1CC=C(C)CC1. The average Bonchev–Trinajstić information content (AvgIpc) is 2.18. The molecule has 0 aliphatic heterocycles. The molecule has 78 valence electrons. The van der Waals surface area contributed by atoms with Gasteiger partial charge in [0.15, 0.2) is 0 Å². The van der Waals surface area contributed by atoms with Crippen molar-refractivity contribution in [3.05, 3.63) is 23.8 Å². The number of carbonyl (C=O) groups is 1. The van der Waals surface area contributed by atoms with E-state index in [0.717, 1.165) is 19.3 Å². The quantitative estimate of drug-likeness (QED) is 0.392. The molecule has 0 saturated heterocycles. The molecule has 0 fully saturated rings. The van der Waals surface area contributed by atoms with Crippen molar-refractivity contribution < 1.29 is 9.53 Å². The normalized spacial score (nSPS) is 21.3. The first-order valence-corrected chi connectivity index (χ1v) is 5.16. The third-order valence-electron chi connectivity index (χ3n) is 2.67. The van der Waals surface area contributed by atoms with Crippen LogP contribution in [0.5, 0.6) is 0 Å². The molecule has 0 N–H and O–H groups in total. The minimum absolute atomic E-state index is 0.231. The van der Waals surface area contributed by atoms with Gasteiger partial charge in [0.1, 0.15) is 0 Å². The second kappa shape index (κ2) is 4.99. The first-order valence-electron chi connectivity index (χ1n) is 5.16. The minimum atomic E-state index is -0.231. The second-order valence-electron chi connectivity index (χ2n) is 3.77. The largest absolute Gasteiger partial charge is 0.463 e. The van der Waals surface area contributed by atoms with Crippen molar-refractivity contribution in [2.45, 2.75) is 33.1 Å². The summed E-state index contributed by atoms with van der Waals surface area (Å²) in [6, 6.07) is 0. The summed E-state index contributed by atoms with van der Waals surface area (Å²) in [6.07, 6.45) is 5.23. The van der Waals surface area contributed by atoms with E-state index >= 15 is 0 Å². The zero-order chi connectivity index (χ0) is 10.6. The van der Waals surface area contributed by atoms with Crippen molar-refractivity contribution in [3.63, 3.8) is 0 Å². The molecule has 0 aromatic carbocycles. The molecule has 0 heterocycles. The molecule has 0 saturated carbocycles. The van der Waals surface area contributed by atoms with Gasteiger partial charge in [-0.25, -0.2) is 4.79 Å². The van der Waals surface area contributed by atoms with Crippen molar-refractivity contribution in [3.8, 4) is 0 Å². The monoisotopic (exact) mass is 194 g/mol. The van der Waals surface area contributed by atoms with Crippen molar-refractivity contribution in [1.29, 1.82) is 0 Å². The number of esters is 1. The van der Waals surface area contributed by atoms with Crippen LogP contribution < -0.4 is 0 Å². The molecule has 0 aromatic rings. The number of hydrogen-bond acceptors (Lipinski definition) is 2. The van der Waals surface area contributed by atoms with Gasteiger partial charge in [0, 0.05) is 5.57 Å². The highest BCUT2D eigenvalue weighted by molar-refractivity contribution is 5.88. The molecular formula is C12H18O2. The third-order valence-corrected chi connectivity index (χ3v) is 2.67. The fraction of sp³-hybridized carbons (Fsp3) is 0.583. The van der Waals surface area contributed by atoms with Crippen LogP contribution in [0.1, 0.15) is 33.1 Å². The highest BCUT2D eigenvalue weighted by Crippen LogP contribution is 2.28. The molecule has 0 bridgehead atoms. The van der Waals surface area contributed by atoms with E-state index in [0.29, 0.717) is 12.2 Å². The summed E-state index contributed by atoms with van der Waals surface area (Å²) < 4.78 is 4.92. The lowest BCUT2D eigenvalue weighted by Crippen LogP contribution is -2.16. The number of carbonyl (C=O) groups excluding carboxylic acids is 1. The zero-order valence-electron chi connectivity index (χ0n) is 9.01. The van der Waals surface area contributed by atoms with Crippen LogP contribution in [0.2, 0.25) is 0 Å². The predicted octanol–water partition coefficient (Wildman–Crippen LogP) is 2.85. The van der Waals surface area contributed by atoms with Gasteiger partial charge in [-0.3, -0.25) is 0 Å². The van der Waals surface area contributed by atoms with Crippen molar-refractivity contribution in [2.24, 2.45) is 5.92 Å². The average molecular weight is 194 g/mol. The molecule has 0 aromatic heterocycles. The maximum absolute atomic E-state index is 11.4. The summed E-state index contributed by atoms with van der Waals surface area (Å²) in [5.74, 6) is 0.0585. The lowest BCUT2D eigenvalue weighted by Gasteiger charge is -2.21. The summed E-state index contributed by atoms with van der Waals surface area (Å²) in [5, 5.41) is 0. The van der Waals surface area contributed by atoms with Crippen LogP contribution in [0, 0.1) is 5.92 Å². The highest BCUT2D eigenvalue weighted by Gasteiger charge is 2.21. The second-order valence-corrected chi connectivity index (χ2v) is 3.77. The van der Waals surface area contributed by atoms with E-state index in [1.165, 1.54) is 5.57 Å². The van der Waals surface area contributed by atoms with Gasteiger partial charge >= 0.3 is 5.97 Å². The maximum atomic E-state index is 11.4. The van der Waals surface area contributed by atoms with Gasteiger partial charge in [0.2, 0.25) is 0 Å². The number of ether oxygens (including phenoxy) is 1. The molecule has 2 heteroatoms. The van der Waals surface area contributed by atoms with Gasteiger partial charge in [0.25, 0.3) is 0 Å². The Labute approximate surface area is 85.6 Å². The Balaban J connectivity index is 2.50. The number of rotatable bonds is 3. The summed E-state index contributed by atoms with van der Waals surface area (Å²) in [7, 11) is 0. The van der Waals surface area contributed by atoms with E-state index in [4.69, 9.17) is 4.74 Å². The first kappa shape index (κ1) is 11.0. The van der Waals surface area contributed by atoms with Gasteiger partial charge in [0.05, 0.1) is 6.61 Å². The molecule has 14 heavy (non-hydrogen) atoms. The summed E-state index contributed by atoms with van der Waals surface area (Å²) >= 11 is 0. The number of allylic oxidation sites excluding steroid dienone is 2. The van der Waals surface area contributed by atoms with Crippen LogP contribution in [0.25, 0.3) is 0 Å². The Hall–Kier alpha value is -1.05. The van der Waals surface area contributed by atoms with Crippen LogP contribution in [-0.2, 0) is 9.53 Å². The highest BCUT2D eigenvalue weighted by atomic mass is 16.5. The number of hydrogen-bond donors (Lipinski definition) is 0. The molecular weight excluding hydrogens is 176 g/mol. The van der Waals surface area contributed by atoms with E-state index in [9.17, 15) is 4.79 Å². The summed E-state index contributed by atoms with van der Waals surface area (Å²) in [5.41, 5.74) is 2.05. The van der Waals surface area contributed by atoms with Gasteiger partial charge in [-0.05, 0) is 39.0 Å². The van der Waals surface area contributed by atoms with Gasteiger partial charge in [-0.15, -0.1) is 0 Å². The Morgan fingerprint density at radius 3 is 2.93 bits per heavy atom. The van der Waals surface area contributed by atoms with Crippen LogP contribution in [-0.4, -0.2) is 12.6 Å². The van der Waals surface area contributed by atoms with Crippen molar-refractivity contribution >= 4 is 5.97 Å². The van der Waals surface area contributed by atoms with Crippen molar-refractivity contribution in [2.75, 3.05) is 6.61 Å². The predicted molar refractivity (Wildman–Crippen MR) is 56.9 cm³/mol. The van der Waals surface area contributed by atoms with E-state index in [-0.39, 0.29) is 11.9 Å². The van der Waals surface area contributed by atoms with Gasteiger partial charge in [-0.2, -0.15) is 0 Å². The first-order chi connectivity index (χ1) is 6.65. The maximum Gasteiger partial charge on any atom is 0.333 e. The van der Waals surface area contributed by atoms with E-state index in [1.54, 1.807) is 0 Å². The Bertz CT molecular complexity index is 263. The van der Waals surface area contributed by atoms with Gasteiger partial charge in [-0.1, -0.05) is 18.2 Å². The van der Waals surface area contributed by atoms with Crippen LogP contribution in [0.3, 0.4) is 0 Å². The molecule has 0 radical (unpaired) electrons. The van der Waals surface area contributed by atoms with E-state index in [1.807, 2.05) is 6.92 Å². The zero-order valence-corrected chi connectivity index (χ0v) is 9.01.